The van der Waals surface area contributed by atoms with Crippen molar-refractivity contribution < 1.29 is 9.59 Å². The lowest BCUT2D eigenvalue weighted by Crippen LogP contribution is -2.48. The van der Waals surface area contributed by atoms with E-state index in [2.05, 4.69) is 31.3 Å². The van der Waals surface area contributed by atoms with E-state index in [1.54, 1.807) is 23.1 Å². The molecule has 1 atom stereocenters. The molecule has 1 saturated carbocycles. The molecule has 5 rings (SSSR count). The average Bonchev–Trinajstić information content (AvgIpc) is 3.56. The van der Waals surface area contributed by atoms with Crippen LogP contribution in [-0.2, 0) is 4.79 Å². The summed E-state index contributed by atoms with van der Waals surface area (Å²) in [7, 11) is 0. The van der Waals surface area contributed by atoms with E-state index in [1.807, 2.05) is 37.3 Å². The van der Waals surface area contributed by atoms with Crippen molar-refractivity contribution in [2.24, 2.45) is 10.9 Å². The number of benzene rings is 2. The largest absolute Gasteiger partial charge is 0.321 e. The molecule has 2 heterocycles. The third kappa shape index (κ3) is 4.26. The number of aromatic nitrogens is 4. The zero-order chi connectivity index (χ0) is 23.5. The van der Waals surface area contributed by atoms with Crippen molar-refractivity contribution >= 4 is 29.0 Å². The van der Waals surface area contributed by atoms with Gasteiger partial charge in [-0.15, -0.1) is 5.10 Å². The van der Waals surface area contributed by atoms with Crippen LogP contribution in [0.25, 0.3) is 11.4 Å². The number of rotatable bonds is 5. The molecule has 2 aromatic carbocycles. The second-order valence-electron chi connectivity index (χ2n) is 8.43. The van der Waals surface area contributed by atoms with Gasteiger partial charge in [-0.05, 0) is 48.4 Å². The number of H-pyrrole nitrogens is 1. The van der Waals surface area contributed by atoms with Gasteiger partial charge in [0.2, 0.25) is 6.17 Å². The van der Waals surface area contributed by atoms with Crippen LogP contribution in [0.3, 0.4) is 0 Å². The summed E-state index contributed by atoms with van der Waals surface area (Å²) in [6.07, 6.45) is 3.36. The summed E-state index contributed by atoms with van der Waals surface area (Å²) in [4.78, 5) is 32.9. The SMILES string of the molecule is CCN1C(=O)[C@H](NC(=O)Nc2cccc(-c3nnn[nH]3)c2)N=C(C2CCCC2)c2ccccc21. The number of amides is 3. The number of nitrogens with zero attached hydrogens (tertiary/aromatic N) is 5. The number of nitrogens with one attached hydrogen (secondary N) is 3. The van der Waals surface area contributed by atoms with Gasteiger partial charge in [0.1, 0.15) is 0 Å². The van der Waals surface area contributed by atoms with Crippen LogP contribution in [0.1, 0.15) is 38.2 Å². The number of carbonyl (C=O) groups excluding carboxylic acids is 2. The maximum absolute atomic E-state index is 13.4. The van der Waals surface area contributed by atoms with Crippen molar-refractivity contribution in [2.45, 2.75) is 38.8 Å². The summed E-state index contributed by atoms with van der Waals surface area (Å²) in [5.74, 6) is 0.523. The van der Waals surface area contributed by atoms with Crippen LogP contribution in [-0.4, -0.2) is 51.0 Å². The Morgan fingerprint density at radius 3 is 2.74 bits per heavy atom. The first-order valence-electron chi connectivity index (χ1n) is 11.5. The lowest BCUT2D eigenvalue weighted by Gasteiger charge is -2.24. The molecule has 34 heavy (non-hydrogen) atoms. The fourth-order valence-electron chi connectivity index (χ4n) is 4.72. The molecule has 0 unspecified atom stereocenters. The van der Waals surface area contributed by atoms with E-state index in [1.165, 1.54) is 0 Å². The summed E-state index contributed by atoms with van der Waals surface area (Å²) in [6.45, 7) is 2.41. The van der Waals surface area contributed by atoms with Crippen LogP contribution in [0.15, 0.2) is 53.5 Å². The monoisotopic (exact) mass is 458 g/mol. The standard InChI is InChI=1S/C24H26N8O2/c1-2-32-19-13-6-5-12-18(19)20(15-8-3-4-9-15)26-22(23(32)33)27-24(34)25-17-11-7-10-16(14-17)21-28-30-31-29-21/h5-7,10-15,22H,2-4,8-9H2,1H3,(H2,25,27,34)(H,28,29,30,31)/t22-/m0/s1. The van der Waals surface area contributed by atoms with Gasteiger partial charge in [-0.25, -0.2) is 9.89 Å². The zero-order valence-corrected chi connectivity index (χ0v) is 18.9. The average molecular weight is 459 g/mol. The summed E-state index contributed by atoms with van der Waals surface area (Å²) in [6, 6.07) is 14.5. The van der Waals surface area contributed by atoms with Gasteiger partial charge >= 0.3 is 6.03 Å². The molecule has 10 nitrogen and oxygen atoms in total. The number of hydrogen-bond donors (Lipinski definition) is 3. The minimum absolute atomic E-state index is 0.250. The van der Waals surface area contributed by atoms with Crippen molar-refractivity contribution in [2.75, 3.05) is 16.8 Å². The highest BCUT2D eigenvalue weighted by atomic mass is 16.2. The summed E-state index contributed by atoms with van der Waals surface area (Å²) >= 11 is 0. The van der Waals surface area contributed by atoms with E-state index >= 15 is 0 Å². The van der Waals surface area contributed by atoms with Gasteiger partial charge < -0.3 is 15.5 Å². The molecule has 0 saturated heterocycles. The van der Waals surface area contributed by atoms with Gasteiger partial charge in [-0.2, -0.15) is 0 Å². The molecule has 3 amide bonds. The van der Waals surface area contributed by atoms with Crippen LogP contribution >= 0.6 is 0 Å². The number of aliphatic imine (C=N–C) groups is 1. The molecular weight excluding hydrogens is 432 g/mol. The van der Waals surface area contributed by atoms with E-state index in [0.29, 0.717) is 18.1 Å². The topological polar surface area (TPSA) is 128 Å². The zero-order valence-electron chi connectivity index (χ0n) is 18.9. The molecule has 2 aliphatic rings. The predicted molar refractivity (Wildman–Crippen MR) is 129 cm³/mol. The maximum atomic E-state index is 13.4. The van der Waals surface area contributed by atoms with Crippen molar-refractivity contribution in [3.63, 3.8) is 0 Å². The summed E-state index contributed by atoms with van der Waals surface area (Å²) in [5.41, 5.74) is 3.99. The van der Waals surface area contributed by atoms with Gasteiger partial charge in [0.05, 0.1) is 11.4 Å². The number of aromatic amines is 1. The molecule has 3 N–H and O–H groups in total. The minimum Gasteiger partial charge on any atom is -0.309 e. The molecule has 10 heteroatoms. The number of likely N-dealkylation sites (N-methyl/N-ethyl adjacent to an activating group) is 1. The van der Waals surface area contributed by atoms with E-state index in [4.69, 9.17) is 4.99 Å². The Hall–Kier alpha value is -4.08. The van der Waals surface area contributed by atoms with E-state index in [9.17, 15) is 9.59 Å². The van der Waals surface area contributed by atoms with Crippen LogP contribution in [0.4, 0.5) is 16.2 Å². The Bertz CT molecular complexity index is 1220. The molecule has 1 aliphatic heterocycles. The second-order valence-corrected chi connectivity index (χ2v) is 8.43. The summed E-state index contributed by atoms with van der Waals surface area (Å²) < 4.78 is 0. The highest BCUT2D eigenvalue weighted by Gasteiger charge is 2.34. The number of hydrogen-bond acceptors (Lipinski definition) is 6. The first kappa shape index (κ1) is 21.7. The molecule has 1 fully saturated rings. The number of fused-ring (bicyclic) bond motifs is 1. The van der Waals surface area contributed by atoms with Crippen LogP contribution in [0.2, 0.25) is 0 Å². The molecular formula is C24H26N8O2. The van der Waals surface area contributed by atoms with Crippen molar-refractivity contribution in [1.82, 2.24) is 25.9 Å². The molecule has 1 aliphatic carbocycles. The second kappa shape index (κ2) is 9.42. The maximum Gasteiger partial charge on any atom is 0.321 e. The van der Waals surface area contributed by atoms with E-state index in [-0.39, 0.29) is 11.8 Å². The number of carbonyl (C=O) groups is 2. The Labute approximate surface area is 196 Å². The summed E-state index contributed by atoms with van der Waals surface area (Å²) in [5, 5.41) is 19.3. The van der Waals surface area contributed by atoms with Crippen LogP contribution in [0, 0.1) is 5.92 Å². The Morgan fingerprint density at radius 2 is 1.97 bits per heavy atom. The quantitative estimate of drug-likeness (QED) is 0.540. The fraction of sp³-hybridized carbons (Fsp3) is 0.333. The molecule has 0 bridgehead atoms. The number of tetrazole rings is 1. The third-order valence-corrected chi connectivity index (χ3v) is 6.30. The number of para-hydroxylation sites is 1. The van der Waals surface area contributed by atoms with E-state index < -0.39 is 12.2 Å². The Kier molecular flexibility index (Phi) is 6.03. The van der Waals surface area contributed by atoms with E-state index in [0.717, 1.165) is 48.2 Å². The Balaban J connectivity index is 1.41. The molecule has 0 radical (unpaired) electrons. The van der Waals surface area contributed by atoms with Crippen molar-refractivity contribution in [1.29, 1.82) is 0 Å². The Morgan fingerprint density at radius 1 is 1.15 bits per heavy atom. The highest BCUT2D eigenvalue weighted by Crippen LogP contribution is 2.34. The normalized spacial score (nSPS) is 18.3. The van der Waals surface area contributed by atoms with Crippen molar-refractivity contribution in [3.05, 3.63) is 54.1 Å². The molecule has 1 aromatic heterocycles. The minimum atomic E-state index is -1.01. The fourth-order valence-corrected chi connectivity index (χ4v) is 4.72. The van der Waals surface area contributed by atoms with Gasteiger partial charge in [0.25, 0.3) is 5.91 Å². The van der Waals surface area contributed by atoms with Gasteiger partial charge in [0, 0.05) is 29.3 Å². The number of urea groups is 1. The first-order chi connectivity index (χ1) is 16.6. The van der Waals surface area contributed by atoms with Crippen molar-refractivity contribution in [3.8, 4) is 11.4 Å². The van der Waals surface area contributed by atoms with Crippen LogP contribution < -0.4 is 15.5 Å². The number of anilines is 2. The lowest BCUT2D eigenvalue weighted by molar-refractivity contribution is -0.120. The molecule has 3 aromatic rings. The third-order valence-electron chi connectivity index (χ3n) is 6.30. The predicted octanol–water partition coefficient (Wildman–Crippen LogP) is 3.36. The lowest BCUT2D eigenvalue weighted by atomic mass is 9.94. The van der Waals surface area contributed by atoms with Crippen LogP contribution in [0.5, 0.6) is 0 Å². The highest BCUT2D eigenvalue weighted by molar-refractivity contribution is 6.14. The smallest absolute Gasteiger partial charge is 0.309 e. The molecule has 0 spiro atoms. The van der Waals surface area contributed by atoms with Gasteiger partial charge in [0.15, 0.2) is 5.82 Å². The van der Waals surface area contributed by atoms with Gasteiger partial charge in [-0.1, -0.05) is 43.2 Å². The van der Waals surface area contributed by atoms with Gasteiger partial charge in [-0.3, -0.25) is 9.79 Å². The number of benzodiazepines with no additional fused rings is 1. The first-order valence-corrected chi connectivity index (χ1v) is 11.5. The molecule has 174 valence electrons.